The highest BCUT2D eigenvalue weighted by Crippen LogP contribution is 2.24. The zero-order valence-electron chi connectivity index (χ0n) is 12.1. The Hall–Kier alpha value is 0.170. The van der Waals surface area contributed by atoms with Crippen LogP contribution < -0.4 is 5.32 Å². The van der Waals surface area contributed by atoms with Gasteiger partial charge in [-0.15, -0.1) is 12.4 Å². The molecule has 0 aromatic carbocycles. The van der Waals surface area contributed by atoms with Gasteiger partial charge in [0.05, 0.1) is 0 Å². The van der Waals surface area contributed by atoms with Crippen LogP contribution >= 0.6 is 12.4 Å². The standard InChI is InChI=1S/C15H29N3.ClH/c1-2-6-15(5-1)18-10-8-17(9-11-18)13-14-4-3-7-16-12-14;/h14-16H,1-13H2;1H. The maximum absolute atomic E-state index is 3.54. The molecule has 3 fully saturated rings. The summed E-state index contributed by atoms with van der Waals surface area (Å²) in [6.45, 7) is 9.11. The first-order valence-corrected chi connectivity index (χ1v) is 8.09. The number of hydrogen-bond donors (Lipinski definition) is 1. The van der Waals surface area contributed by atoms with Crippen LogP contribution in [0.25, 0.3) is 0 Å². The minimum absolute atomic E-state index is 0. The van der Waals surface area contributed by atoms with Crippen molar-refractivity contribution in [3.05, 3.63) is 0 Å². The maximum Gasteiger partial charge on any atom is 0.0113 e. The van der Waals surface area contributed by atoms with Gasteiger partial charge >= 0.3 is 0 Å². The van der Waals surface area contributed by atoms with Crippen molar-refractivity contribution in [3.63, 3.8) is 0 Å². The minimum atomic E-state index is 0. The number of nitrogens with zero attached hydrogens (tertiary/aromatic N) is 2. The third kappa shape index (κ3) is 4.32. The molecule has 2 saturated heterocycles. The molecule has 112 valence electrons. The molecule has 3 rings (SSSR count). The van der Waals surface area contributed by atoms with Gasteiger partial charge in [-0.25, -0.2) is 0 Å². The van der Waals surface area contributed by atoms with Crippen LogP contribution in [-0.4, -0.2) is 61.7 Å². The molecule has 3 aliphatic rings. The predicted octanol–water partition coefficient (Wildman–Crippen LogP) is 1.97. The van der Waals surface area contributed by atoms with E-state index in [1.54, 1.807) is 0 Å². The molecule has 0 radical (unpaired) electrons. The molecule has 0 aromatic rings. The van der Waals surface area contributed by atoms with Gasteiger partial charge in [-0.1, -0.05) is 12.8 Å². The van der Waals surface area contributed by atoms with E-state index in [-0.39, 0.29) is 12.4 Å². The van der Waals surface area contributed by atoms with Crippen LogP contribution in [0, 0.1) is 5.92 Å². The SMILES string of the molecule is C1CNCC(CN2CCN(C3CCCC3)CC2)C1.Cl. The summed E-state index contributed by atoms with van der Waals surface area (Å²) in [5.74, 6) is 0.914. The van der Waals surface area contributed by atoms with Gasteiger partial charge in [0.2, 0.25) is 0 Å². The van der Waals surface area contributed by atoms with Crippen LogP contribution in [-0.2, 0) is 0 Å². The summed E-state index contributed by atoms with van der Waals surface area (Å²) in [4.78, 5) is 5.48. The van der Waals surface area contributed by atoms with Crippen molar-refractivity contribution in [1.29, 1.82) is 0 Å². The van der Waals surface area contributed by atoms with Crippen molar-refractivity contribution in [3.8, 4) is 0 Å². The van der Waals surface area contributed by atoms with Gasteiger partial charge in [-0.05, 0) is 44.7 Å². The van der Waals surface area contributed by atoms with E-state index in [1.165, 1.54) is 84.3 Å². The van der Waals surface area contributed by atoms with Crippen LogP contribution in [0.1, 0.15) is 38.5 Å². The maximum atomic E-state index is 3.54. The Kier molecular flexibility index (Phi) is 6.40. The smallest absolute Gasteiger partial charge is 0.0113 e. The Morgan fingerprint density at radius 2 is 1.63 bits per heavy atom. The lowest BCUT2D eigenvalue weighted by molar-refractivity contribution is 0.0842. The van der Waals surface area contributed by atoms with Gasteiger partial charge in [-0.3, -0.25) is 4.90 Å². The fourth-order valence-corrected chi connectivity index (χ4v) is 4.03. The lowest BCUT2D eigenvalue weighted by atomic mass is 9.99. The molecule has 0 spiro atoms. The van der Waals surface area contributed by atoms with E-state index in [9.17, 15) is 0 Å². The van der Waals surface area contributed by atoms with Crippen molar-refractivity contribution in [2.45, 2.75) is 44.6 Å². The molecule has 1 saturated carbocycles. The first-order chi connectivity index (χ1) is 8.92. The second-order valence-corrected chi connectivity index (χ2v) is 6.49. The molecule has 1 aliphatic carbocycles. The fourth-order valence-electron chi connectivity index (χ4n) is 4.03. The zero-order valence-corrected chi connectivity index (χ0v) is 13.0. The zero-order chi connectivity index (χ0) is 12.2. The van der Waals surface area contributed by atoms with Gasteiger partial charge in [0.25, 0.3) is 0 Å². The molecule has 0 bridgehead atoms. The van der Waals surface area contributed by atoms with Crippen molar-refractivity contribution in [2.24, 2.45) is 5.92 Å². The number of nitrogens with one attached hydrogen (secondary N) is 1. The third-order valence-corrected chi connectivity index (χ3v) is 5.16. The number of piperidine rings is 1. The second kappa shape index (κ2) is 7.82. The molecule has 19 heavy (non-hydrogen) atoms. The van der Waals surface area contributed by atoms with Gasteiger partial charge in [0.1, 0.15) is 0 Å². The molecule has 2 aliphatic heterocycles. The predicted molar refractivity (Wildman–Crippen MR) is 83.1 cm³/mol. The molecule has 1 atom stereocenters. The van der Waals surface area contributed by atoms with Crippen molar-refractivity contribution in [2.75, 3.05) is 45.8 Å². The van der Waals surface area contributed by atoms with Crippen molar-refractivity contribution in [1.82, 2.24) is 15.1 Å². The van der Waals surface area contributed by atoms with E-state index in [1.807, 2.05) is 0 Å². The monoisotopic (exact) mass is 287 g/mol. The van der Waals surface area contributed by atoms with Crippen LogP contribution in [0.5, 0.6) is 0 Å². The molecule has 3 nitrogen and oxygen atoms in total. The number of rotatable bonds is 3. The molecular formula is C15H30ClN3. The van der Waals surface area contributed by atoms with Crippen LogP contribution in [0.15, 0.2) is 0 Å². The molecule has 4 heteroatoms. The van der Waals surface area contributed by atoms with E-state index in [2.05, 4.69) is 15.1 Å². The van der Waals surface area contributed by atoms with E-state index in [0.29, 0.717) is 0 Å². The summed E-state index contributed by atoms with van der Waals surface area (Å²) in [6, 6.07) is 0.934. The van der Waals surface area contributed by atoms with E-state index >= 15 is 0 Å². The number of halogens is 1. The van der Waals surface area contributed by atoms with Gasteiger partial charge in [0, 0.05) is 38.8 Å². The highest BCUT2D eigenvalue weighted by Gasteiger charge is 2.27. The average Bonchev–Trinajstić information content (AvgIpc) is 2.95. The molecule has 1 N–H and O–H groups in total. The summed E-state index contributed by atoms with van der Waals surface area (Å²) >= 11 is 0. The lowest BCUT2D eigenvalue weighted by Crippen LogP contribution is -2.51. The second-order valence-electron chi connectivity index (χ2n) is 6.49. The largest absolute Gasteiger partial charge is 0.316 e. The lowest BCUT2D eigenvalue weighted by Gasteiger charge is -2.39. The molecule has 1 unspecified atom stereocenters. The average molecular weight is 288 g/mol. The Bertz CT molecular complexity index is 242. The first-order valence-electron chi connectivity index (χ1n) is 8.09. The van der Waals surface area contributed by atoms with E-state index < -0.39 is 0 Å². The summed E-state index contributed by atoms with van der Waals surface area (Å²) in [5.41, 5.74) is 0. The van der Waals surface area contributed by atoms with Gasteiger partial charge < -0.3 is 10.2 Å². The fraction of sp³-hybridized carbons (Fsp3) is 1.00. The van der Waals surface area contributed by atoms with E-state index in [4.69, 9.17) is 0 Å². The quantitative estimate of drug-likeness (QED) is 0.856. The molecule has 0 aromatic heterocycles. The Labute approximate surface area is 124 Å². The van der Waals surface area contributed by atoms with Gasteiger partial charge in [0.15, 0.2) is 0 Å². The Morgan fingerprint density at radius 1 is 0.895 bits per heavy atom. The summed E-state index contributed by atoms with van der Waals surface area (Å²) in [6.07, 6.45) is 8.69. The third-order valence-electron chi connectivity index (χ3n) is 5.16. The summed E-state index contributed by atoms with van der Waals surface area (Å²) in [7, 11) is 0. The van der Waals surface area contributed by atoms with Crippen LogP contribution in [0.3, 0.4) is 0 Å². The first kappa shape index (κ1) is 15.6. The van der Waals surface area contributed by atoms with E-state index in [0.717, 1.165) is 12.0 Å². The minimum Gasteiger partial charge on any atom is -0.316 e. The molecule has 0 amide bonds. The Balaban J connectivity index is 0.00000133. The van der Waals surface area contributed by atoms with Crippen molar-refractivity contribution >= 4 is 12.4 Å². The highest BCUT2D eigenvalue weighted by atomic mass is 35.5. The molecular weight excluding hydrogens is 258 g/mol. The highest BCUT2D eigenvalue weighted by molar-refractivity contribution is 5.85. The number of piperazine rings is 1. The summed E-state index contributed by atoms with van der Waals surface area (Å²) in [5, 5.41) is 3.54. The Morgan fingerprint density at radius 3 is 2.26 bits per heavy atom. The van der Waals surface area contributed by atoms with Crippen LogP contribution in [0.2, 0.25) is 0 Å². The summed E-state index contributed by atoms with van der Waals surface area (Å²) < 4.78 is 0. The number of hydrogen-bond acceptors (Lipinski definition) is 3. The van der Waals surface area contributed by atoms with Crippen LogP contribution in [0.4, 0.5) is 0 Å². The van der Waals surface area contributed by atoms with Gasteiger partial charge in [-0.2, -0.15) is 0 Å². The topological polar surface area (TPSA) is 18.5 Å². The van der Waals surface area contributed by atoms with Crippen molar-refractivity contribution < 1.29 is 0 Å². The molecule has 2 heterocycles. The normalized spacial score (nSPS) is 31.3.